The fourth-order valence-electron chi connectivity index (χ4n) is 6.15. The van der Waals surface area contributed by atoms with Crippen molar-refractivity contribution in [2.75, 3.05) is 41.5 Å². The molecular weight excluding hydrogens is 508 g/mol. The monoisotopic (exact) mass is 552 g/mol. The second kappa shape index (κ2) is 14.3. The summed E-state index contributed by atoms with van der Waals surface area (Å²) in [5, 5.41) is 0. The third kappa shape index (κ3) is 7.20. The fraction of sp³-hybridized carbons (Fsp3) is 0.562. The van der Waals surface area contributed by atoms with Crippen LogP contribution in [0.2, 0.25) is 0 Å². The van der Waals surface area contributed by atoms with Crippen molar-refractivity contribution in [2.24, 2.45) is 0 Å². The number of unbranched alkanes of at least 4 members (excludes halogenated alkanes) is 1. The standard InChI is InChI=1S/C32H44N2O6/c1-37-27-15-13-23(21-29(27)39-3)19-25-9-7-17-33(25)31(35)11-5-6-12-32(36)34-18-8-10-26(34)20-24-14-16-28(38-2)30(22-24)40-4/h13-16,21-22,25-26H,5-12,17-20H2,1-4H3/t25-,26-/m1/s1. The number of methoxy groups -OCH3 is 4. The molecule has 2 aliphatic rings. The van der Waals surface area contributed by atoms with Crippen LogP contribution in [0.1, 0.15) is 62.5 Å². The lowest BCUT2D eigenvalue weighted by Gasteiger charge is -2.26. The molecule has 0 aliphatic carbocycles. The van der Waals surface area contributed by atoms with E-state index in [0.29, 0.717) is 35.8 Å². The summed E-state index contributed by atoms with van der Waals surface area (Å²) in [5.41, 5.74) is 2.28. The number of carbonyl (C=O) groups excluding carboxylic acids is 2. The maximum absolute atomic E-state index is 13.1. The average molecular weight is 553 g/mol. The van der Waals surface area contributed by atoms with Crippen LogP contribution in [0.4, 0.5) is 0 Å². The largest absolute Gasteiger partial charge is 0.493 e. The van der Waals surface area contributed by atoms with Gasteiger partial charge in [-0.1, -0.05) is 12.1 Å². The van der Waals surface area contributed by atoms with Crippen LogP contribution in [-0.2, 0) is 22.4 Å². The Morgan fingerprint density at radius 1 is 0.650 bits per heavy atom. The Hall–Kier alpha value is -3.42. The molecule has 8 heteroatoms. The minimum absolute atomic E-state index is 0.197. The molecule has 2 aromatic carbocycles. The van der Waals surface area contributed by atoms with Crippen molar-refractivity contribution in [3.8, 4) is 23.0 Å². The van der Waals surface area contributed by atoms with E-state index in [1.807, 2.05) is 46.2 Å². The number of benzene rings is 2. The lowest BCUT2D eigenvalue weighted by molar-refractivity contribution is -0.134. The highest BCUT2D eigenvalue weighted by Gasteiger charge is 2.30. The summed E-state index contributed by atoms with van der Waals surface area (Å²) in [6.45, 7) is 1.61. The molecule has 2 aromatic rings. The quantitative estimate of drug-likeness (QED) is 0.324. The summed E-state index contributed by atoms with van der Waals surface area (Å²) in [6, 6.07) is 12.3. The minimum Gasteiger partial charge on any atom is -0.493 e. The number of nitrogens with zero attached hydrogens (tertiary/aromatic N) is 2. The molecule has 2 aliphatic heterocycles. The van der Waals surface area contributed by atoms with Crippen LogP contribution in [0.25, 0.3) is 0 Å². The van der Waals surface area contributed by atoms with E-state index in [1.54, 1.807) is 28.4 Å². The highest BCUT2D eigenvalue weighted by molar-refractivity contribution is 5.78. The van der Waals surface area contributed by atoms with Gasteiger partial charge in [-0.25, -0.2) is 0 Å². The van der Waals surface area contributed by atoms with E-state index in [-0.39, 0.29) is 23.9 Å². The van der Waals surface area contributed by atoms with E-state index in [2.05, 4.69) is 0 Å². The molecule has 2 saturated heterocycles. The van der Waals surface area contributed by atoms with Crippen LogP contribution in [0.5, 0.6) is 23.0 Å². The Labute approximate surface area is 238 Å². The van der Waals surface area contributed by atoms with Gasteiger partial charge in [-0.2, -0.15) is 0 Å². The van der Waals surface area contributed by atoms with Crippen molar-refractivity contribution in [1.82, 2.24) is 9.80 Å². The van der Waals surface area contributed by atoms with Gasteiger partial charge in [-0.15, -0.1) is 0 Å². The molecule has 0 saturated carbocycles. The van der Waals surface area contributed by atoms with Crippen LogP contribution >= 0.6 is 0 Å². The van der Waals surface area contributed by atoms with Crippen molar-refractivity contribution in [3.05, 3.63) is 47.5 Å². The highest BCUT2D eigenvalue weighted by atomic mass is 16.5. The second-order valence-corrected chi connectivity index (χ2v) is 10.8. The SMILES string of the molecule is COc1ccc(C[C@H]2CCCN2C(=O)CCCCC(=O)N2CCC[C@@H]2Cc2ccc(OC)c(OC)c2)cc1OC. The molecular formula is C32H44N2O6. The van der Waals surface area contributed by atoms with Crippen LogP contribution in [-0.4, -0.2) is 75.2 Å². The molecule has 2 fully saturated rings. The molecule has 8 nitrogen and oxygen atoms in total. The zero-order chi connectivity index (χ0) is 28.5. The molecule has 0 radical (unpaired) electrons. The van der Waals surface area contributed by atoms with Crippen LogP contribution < -0.4 is 18.9 Å². The van der Waals surface area contributed by atoms with Gasteiger partial charge in [0.25, 0.3) is 0 Å². The third-order valence-corrected chi connectivity index (χ3v) is 8.26. The van der Waals surface area contributed by atoms with E-state index in [4.69, 9.17) is 18.9 Å². The molecule has 0 N–H and O–H groups in total. The Balaban J connectivity index is 1.23. The van der Waals surface area contributed by atoms with Crippen molar-refractivity contribution < 1.29 is 28.5 Å². The second-order valence-electron chi connectivity index (χ2n) is 10.8. The molecule has 0 spiro atoms. The van der Waals surface area contributed by atoms with E-state index in [1.165, 1.54) is 0 Å². The third-order valence-electron chi connectivity index (χ3n) is 8.26. The van der Waals surface area contributed by atoms with E-state index >= 15 is 0 Å². The summed E-state index contributed by atoms with van der Waals surface area (Å²) in [7, 11) is 6.54. The number of likely N-dealkylation sites (tertiary alicyclic amines) is 2. The first-order chi connectivity index (χ1) is 19.5. The molecule has 0 aromatic heterocycles. The first-order valence-electron chi connectivity index (χ1n) is 14.5. The van der Waals surface area contributed by atoms with Gasteiger partial charge >= 0.3 is 0 Å². The first-order valence-corrected chi connectivity index (χ1v) is 14.5. The summed E-state index contributed by atoms with van der Waals surface area (Å²) in [6.07, 6.45) is 8.13. The normalized spacial score (nSPS) is 18.6. The zero-order valence-corrected chi connectivity index (χ0v) is 24.4. The van der Waals surface area contributed by atoms with Gasteiger partial charge in [0, 0.05) is 38.0 Å². The minimum atomic E-state index is 0.197. The number of carbonyl (C=O) groups is 2. The van der Waals surface area contributed by atoms with Crippen molar-refractivity contribution in [2.45, 2.75) is 76.3 Å². The van der Waals surface area contributed by atoms with Gasteiger partial charge < -0.3 is 28.7 Å². The van der Waals surface area contributed by atoms with Gasteiger partial charge in [-0.3, -0.25) is 9.59 Å². The maximum Gasteiger partial charge on any atom is 0.222 e. The number of rotatable bonds is 13. The van der Waals surface area contributed by atoms with Crippen molar-refractivity contribution >= 4 is 11.8 Å². The van der Waals surface area contributed by atoms with Crippen molar-refractivity contribution in [1.29, 1.82) is 0 Å². The van der Waals surface area contributed by atoms with Crippen LogP contribution in [0.3, 0.4) is 0 Å². The molecule has 2 atom stereocenters. The maximum atomic E-state index is 13.1. The molecule has 0 unspecified atom stereocenters. The first kappa shape index (κ1) is 29.6. The van der Waals surface area contributed by atoms with E-state index in [0.717, 1.165) is 75.6 Å². The van der Waals surface area contributed by atoms with Gasteiger partial charge in [0.15, 0.2) is 23.0 Å². The van der Waals surface area contributed by atoms with Crippen LogP contribution in [0, 0.1) is 0 Å². The van der Waals surface area contributed by atoms with Crippen molar-refractivity contribution in [3.63, 3.8) is 0 Å². The molecule has 40 heavy (non-hydrogen) atoms. The Bertz CT molecular complexity index is 1060. The Morgan fingerprint density at radius 2 is 1.05 bits per heavy atom. The predicted molar refractivity (Wildman–Crippen MR) is 154 cm³/mol. The van der Waals surface area contributed by atoms with E-state index in [9.17, 15) is 9.59 Å². The Morgan fingerprint density at radius 3 is 1.43 bits per heavy atom. The smallest absolute Gasteiger partial charge is 0.222 e. The lowest BCUT2D eigenvalue weighted by Crippen LogP contribution is -2.37. The fourth-order valence-corrected chi connectivity index (χ4v) is 6.15. The Kier molecular flexibility index (Phi) is 10.6. The predicted octanol–water partition coefficient (Wildman–Crippen LogP) is 5.05. The summed E-state index contributed by atoms with van der Waals surface area (Å²) in [4.78, 5) is 30.3. The van der Waals surface area contributed by atoms with Crippen LogP contribution in [0.15, 0.2) is 36.4 Å². The summed E-state index contributed by atoms with van der Waals surface area (Å²) in [5.74, 6) is 3.24. The number of ether oxygens (including phenoxy) is 4. The lowest BCUT2D eigenvalue weighted by atomic mass is 10.0. The molecule has 0 bridgehead atoms. The highest BCUT2D eigenvalue weighted by Crippen LogP contribution is 2.31. The molecule has 4 rings (SSSR count). The summed E-state index contributed by atoms with van der Waals surface area (Å²) < 4.78 is 21.6. The van der Waals surface area contributed by atoms with Gasteiger partial charge in [0.05, 0.1) is 28.4 Å². The van der Waals surface area contributed by atoms with Gasteiger partial charge in [0.2, 0.25) is 11.8 Å². The number of hydrogen-bond donors (Lipinski definition) is 0. The molecule has 218 valence electrons. The topological polar surface area (TPSA) is 77.5 Å². The number of hydrogen-bond acceptors (Lipinski definition) is 6. The van der Waals surface area contributed by atoms with Gasteiger partial charge in [0.1, 0.15) is 0 Å². The van der Waals surface area contributed by atoms with Gasteiger partial charge in [-0.05, 0) is 86.8 Å². The number of amides is 2. The van der Waals surface area contributed by atoms with E-state index < -0.39 is 0 Å². The molecule has 2 heterocycles. The molecule has 2 amide bonds. The average Bonchev–Trinajstić information content (AvgIpc) is 3.64. The zero-order valence-electron chi connectivity index (χ0n) is 24.4. The summed E-state index contributed by atoms with van der Waals surface area (Å²) >= 11 is 0.